The lowest BCUT2D eigenvalue weighted by molar-refractivity contribution is 0.189. The lowest BCUT2D eigenvalue weighted by Crippen LogP contribution is -2.40. The van der Waals surface area contributed by atoms with Crippen LogP contribution < -0.4 is 5.32 Å². The zero-order valence-electron chi connectivity index (χ0n) is 13.0. The van der Waals surface area contributed by atoms with E-state index in [-0.39, 0.29) is 0 Å². The molecule has 1 saturated heterocycles. The highest BCUT2D eigenvalue weighted by Gasteiger charge is 2.21. The molecule has 0 amide bonds. The molecule has 0 radical (unpaired) electrons. The van der Waals surface area contributed by atoms with Crippen molar-refractivity contribution in [2.45, 2.75) is 32.4 Å². The fraction of sp³-hybridized carbons (Fsp3) is 0.500. The van der Waals surface area contributed by atoms with E-state index in [9.17, 15) is 0 Å². The van der Waals surface area contributed by atoms with Crippen LogP contribution in [0, 0.1) is 5.92 Å². The second kappa shape index (κ2) is 6.54. The number of benzene rings is 1. The first-order valence-electron chi connectivity index (χ1n) is 7.98. The number of nitrogens with one attached hydrogen (secondary N) is 1. The van der Waals surface area contributed by atoms with Crippen LogP contribution in [0.1, 0.15) is 25.3 Å². The Balaban J connectivity index is 1.63. The maximum Gasteiger partial charge on any atom is 0.0746 e. The summed E-state index contributed by atoms with van der Waals surface area (Å²) in [5.74, 6) is 0.795. The zero-order chi connectivity index (χ0) is 14.7. The van der Waals surface area contributed by atoms with Gasteiger partial charge in [-0.2, -0.15) is 0 Å². The van der Waals surface area contributed by atoms with E-state index in [4.69, 9.17) is 0 Å². The molecule has 0 spiro atoms. The van der Waals surface area contributed by atoms with Gasteiger partial charge in [0.05, 0.1) is 5.52 Å². The molecule has 3 rings (SSSR count). The molecule has 2 aromatic rings. The van der Waals surface area contributed by atoms with E-state index >= 15 is 0 Å². The third-order valence-corrected chi connectivity index (χ3v) is 4.80. The van der Waals surface area contributed by atoms with Gasteiger partial charge in [0.2, 0.25) is 0 Å². The van der Waals surface area contributed by atoms with Crippen LogP contribution in [0.5, 0.6) is 0 Å². The third kappa shape index (κ3) is 3.42. The van der Waals surface area contributed by atoms with Gasteiger partial charge in [-0.3, -0.25) is 4.98 Å². The number of hydrogen-bond acceptors (Lipinski definition) is 3. The summed E-state index contributed by atoms with van der Waals surface area (Å²) in [5.41, 5.74) is 2.43. The van der Waals surface area contributed by atoms with Crippen molar-refractivity contribution < 1.29 is 0 Å². The fourth-order valence-corrected chi connectivity index (χ4v) is 3.28. The number of hydrogen-bond donors (Lipinski definition) is 1. The molecule has 3 nitrogen and oxygen atoms in total. The van der Waals surface area contributed by atoms with Crippen molar-refractivity contribution in [3.63, 3.8) is 0 Å². The number of fused-ring (bicyclic) bond motifs is 1. The van der Waals surface area contributed by atoms with Gasteiger partial charge >= 0.3 is 0 Å². The largest absolute Gasteiger partial charge is 0.310 e. The van der Waals surface area contributed by atoms with Gasteiger partial charge in [0.25, 0.3) is 0 Å². The summed E-state index contributed by atoms with van der Waals surface area (Å²) in [6, 6.07) is 11.1. The molecule has 3 heteroatoms. The van der Waals surface area contributed by atoms with Gasteiger partial charge in [0.1, 0.15) is 0 Å². The number of aromatic nitrogens is 1. The normalized spacial score (nSPS) is 19.0. The molecule has 112 valence electrons. The van der Waals surface area contributed by atoms with Crippen molar-refractivity contribution in [1.29, 1.82) is 0 Å². The fourth-order valence-electron chi connectivity index (χ4n) is 3.28. The minimum absolute atomic E-state index is 0.567. The molecule has 1 unspecified atom stereocenters. The molecule has 1 aliphatic heterocycles. The number of likely N-dealkylation sites (tertiary alicyclic amines) is 1. The Morgan fingerprint density at radius 2 is 2.00 bits per heavy atom. The first-order valence-corrected chi connectivity index (χ1v) is 7.98. The van der Waals surface area contributed by atoms with Gasteiger partial charge in [-0.05, 0) is 57.5 Å². The van der Waals surface area contributed by atoms with E-state index < -0.39 is 0 Å². The Hall–Kier alpha value is -1.45. The number of piperidine rings is 1. The molecule has 1 N–H and O–H groups in total. The van der Waals surface area contributed by atoms with Crippen molar-refractivity contribution >= 4 is 10.9 Å². The molecular weight excluding hydrogens is 258 g/mol. The van der Waals surface area contributed by atoms with Crippen LogP contribution in [0.3, 0.4) is 0 Å². The van der Waals surface area contributed by atoms with Gasteiger partial charge in [-0.25, -0.2) is 0 Å². The Bertz CT molecular complexity index is 583. The third-order valence-electron chi connectivity index (χ3n) is 4.80. The van der Waals surface area contributed by atoms with Crippen molar-refractivity contribution in [1.82, 2.24) is 15.2 Å². The molecule has 0 saturated carbocycles. The predicted octanol–water partition coefficient (Wildman–Crippen LogP) is 3.05. The summed E-state index contributed by atoms with van der Waals surface area (Å²) in [6.45, 7) is 5.69. The average molecular weight is 283 g/mol. The van der Waals surface area contributed by atoms with Crippen molar-refractivity contribution in [2.24, 2.45) is 5.92 Å². The van der Waals surface area contributed by atoms with Crippen LogP contribution in [0.2, 0.25) is 0 Å². The van der Waals surface area contributed by atoms with Gasteiger partial charge in [-0.15, -0.1) is 0 Å². The molecule has 21 heavy (non-hydrogen) atoms. The Morgan fingerprint density at radius 3 is 2.81 bits per heavy atom. The number of nitrogens with zero attached hydrogens (tertiary/aromatic N) is 2. The van der Waals surface area contributed by atoms with Gasteiger partial charge in [0, 0.05) is 24.2 Å². The summed E-state index contributed by atoms with van der Waals surface area (Å²) in [7, 11) is 2.22. The molecule has 1 aromatic carbocycles. The standard InChI is InChI=1S/C18H25N3/c1-14(15-8-11-21(2)12-9-15)20-13-17-6-3-5-16-7-4-10-19-18(16)17/h3-7,10,14-15,20H,8-9,11-13H2,1-2H3. The van der Waals surface area contributed by atoms with E-state index in [0.717, 1.165) is 18.0 Å². The Kier molecular flexibility index (Phi) is 4.51. The average Bonchev–Trinajstić information content (AvgIpc) is 2.53. The maximum atomic E-state index is 4.53. The molecule has 1 fully saturated rings. The van der Waals surface area contributed by atoms with Crippen LogP contribution in [0.25, 0.3) is 10.9 Å². The lowest BCUT2D eigenvalue weighted by Gasteiger charge is -2.33. The zero-order valence-corrected chi connectivity index (χ0v) is 13.0. The SMILES string of the molecule is CC(NCc1cccc2cccnc12)C1CCN(C)CC1. The minimum Gasteiger partial charge on any atom is -0.310 e. The molecule has 1 aliphatic rings. The predicted molar refractivity (Wildman–Crippen MR) is 88.3 cm³/mol. The number of pyridine rings is 1. The molecule has 1 aromatic heterocycles. The van der Waals surface area contributed by atoms with Gasteiger partial charge < -0.3 is 10.2 Å². The Labute approximate surface area is 127 Å². The van der Waals surface area contributed by atoms with E-state index in [1.54, 1.807) is 0 Å². The number of para-hydroxylation sites is 1. The highest BCUT2D eigenvalue weighted by atomic mass is 15.1. The molecule has 2 heterocycles. The van der Waals surface area contributed by atoms with Crippen LogP contribution in [-0.2, 0) is 6.54 Å². The minimum atomic E-state index is 0.567. The van der Waals surface area contributed by atoms with Crippen LogP contribution in [0.4, 0.5) is 0 Å². The lowest BCUT2D eigenvalue weighted by atomic mass is 9.90. The van der Waals surface area contributed by atoms with E-state index in [1.807, 2.05) is 12.3 Å². The van der Waals surface area contributed by atoms with Crippen molar-refractivity contribution in [2.75, 3.05) is 20.1 Å². The van der Waals surface area contributed by atoms with E-state index in [1.165, 1.54) is 36.9 Å². The topological polar surface area (TPSA) is 28.2 Å². The van der Waals surface area contributed by atoms with E-state index in [0.29, 0.717) is 6.04 Å². The van der Waals surface area contributed by atoms with E-state index in [2.05, 4.69) is 53.4 Å². The van der Waals surface area contributed by atoms with Crippen molar-refractivity contribution in [3.05, 3.63) is 42.1 Å². The molecular formula is C18H25N3. The highest BCUT2D eigenvalue weighted by Crippen LogP contribution is 2.21. The summed E-state index contributed by atoms with van der Waals surface area (Å²) in [4.78, 5) is 6.96. The maximum absolute atomic E-state index is 4.53. The highest BCUT2D eigenvalue weighted by molar-refractivity contribution is 5.81. The first-order chi connectivity index (χ1) is 10.2. The molecule has 0 aliphatic carbocycles. The molecule has 1 atom stereocenters. The summed E-state index contributed by atoms with van der Waals surface area (Å²) < 4.78 is 0. The molecule has 0 bridgehead atoms. The quantitative estimate of drug-likeness (QED) is 0.935. The second-order valence-electron chi connectivity index (χ2n) is 6.30. The van der Waals surface area contributed by atoms with Crippen LogP contribution in [-0.4, -0.2) is 36.1 Å². The summed E-state index contributed by atoms with van der Waals surface area (Å²) >= 11 is 0. The Morgan fingerprint density at radius 1 is 1.24 bits per heavy atom. The van der Waals surface area contributed by atoms with Crippen LogP contribution in [0.15, 0.2) is 36.5 Å². The number of rotatable bonds is 4. The van der Waals surface area contributed by atoms with Gasteiger partial charge in [0.15, 0.2) is 0 Å². The van der Waals surface area contributed by atoms with Crippen molar-refractivity contribution in [3.8, 4) is 0 Å². The summed E-state index contributed by atoms with van der Waals surface area (Å²) in [6.07, 6.45) is 4.49. The summed E-state index contributed by atoms with van der Waals surface area (Å²) in [5, 5.41) is 4.94. The van der Waals surface area contributed by atoms with Gasteiger partial charge in [-0.1, -0.05) is 24.3 Å². The monoisotopic (exact) mass is 283 g/mol. The second-order valence-corrected chi connectivity index (χ2v) is 6.30. The first kappa shape index (κ1) is 14.5. The van der Waals surface area contributed by atoms with Crippen LogP contribution >= 0.6 is 0 Å². The smallest absolute Gasteiger partial charge is 0.0746 e.